The Kier molecular flexibility index (Phi) is 4.49. The molecule has 0 bridgehead atoms. The van der Waals surface area contributed by atoms with Crippen LogP contribution in [-0.2, 0) is 13.5 Å². The molecule has 1 atom stereocenters. The average Bonchev–Trinajstić information content (AvgIpc) is 2.78. The maximum Gasteiger partial charge on any atom is 0.144 e. The Bertz CT molecular complexity index is 492. The lowest BCUT2D eigenvalue weighted by molar-refractivity contribution is 0.495. The van der Waals surface area contributed by atoms with Crippen molar-refractivity contribution in [2.75, 3.05) is 6.54 Å². The largest absolute Gasteiger partial charge is 0.307 e. The minimum absolute atomic E-state index is 0.198. The van der Waals surface area contributed by atoms with Gasteiger partial charge in [0.15, 0.2) is 0 Å². The van der Waals surface area contributed by atoms with Crippen molar-refractivity contribution in [2.24, 2.45) is 7.05 Å². The molecule has 2 rings (SSSR count). The fourth-order valence-corrected chi connectivity index (χ4v) is 2.24. The topological polar surface area (TPSA) is 42.7 Å². The van der Waals surface area contributed by atoms with E-state index in [1.54, 1.807) is 6.33 Å². The molecule has 1 heterocycles. The second kappa shape index (κ2) is 6.11. The van der Waals surface area contributed by atoms with Crippen molar-refractivity contribution in [3.05, 3.63) is 46.5 Å². The lowest BCUT2D eigenvalue weighted by Gasteiger charge is -2.17. The van der Waals surface area contributed by atoms with E-state index in [1.165, 1.54) is 5.56 Å². The van der Waals surface area contributed by atoms with Crippen molar-refractivity contribution in [1.82, 2.24) is 20.1 Å². The van der Waals surface area contributed by atoms with Gasteiger partial charge in [-0.15, -0.1) is 0 Å². The fourth-order valence-electron chi connectivity index (χ4n) is 1.98. The van der Waals surface area contributed by atoms with Crippen molar-refractivity contribution in [3.8, 4) is 0 Å². The lowest BCUT2D eigenvalue weighted by Crippen LogP contribution is -2.26. The predicted molar refractivity (Wildman–Crippen MR) is 75.3 cm³/mol. The zero-order valence-electron chi connectivity index (χ0n) is 10.6. The molecule has 1 aromatic heterocycles. The van der Waals surface area contributed by atoms with Crippen LogP contribution >= 0.6 is 15.9 Å². The van der Waals surface area contributed by atoms with Gasteiger partial charge in [-0.3, -0.25) is 4.68 Å². The second-order valence-electron chi connectivity index (χ2n) is 4.18. The summed E-state index contributed by atoms with van der Waals surface area (Å²) < 4.78 is 2.93. The zero-order valence-corrected chi connectivity index (χ0v) is 12.2. The van der Waals surface area contributed by atoms with Gasteiger partial charge < -0.3 is 5.32 Å². The fraction of sp³-hybridized carbons (Fsp3) is 0.385. The van der Waals surface area contributed by atoms with E-state index in [9.17, 15) is 0 Å². The molecule has 0 aliphatic rings. The van der Waals surface area contributed by atoms with Gasteiger partial charge in [-0.05, 0) is 30.7 Å². The summed E-state index contributed by atoms with van der Waals surface area (Å²) in [6.45, 7) is 3.01. The Morgan fingerprint density at radius 2 is 2.06 bits per heavy atom. The number of nitrogens with one attached hydrogen (secondary N) is 1. The van der Waals surface area contributed by atoms with Gasteiger partial charge in [-0.1, -0.05) is 35.0 Å². The number of hydrogen-bond acceptors (Lipinski definition) is 3. The minimum Gasteiger partial charge on any atom is -0.307 e. The Morgan fingerprint density at radius 1 is 1.33 bits per heavy atom. The van der Waals surface area contributed by atoms with Gasteiger partial charge in [0, 0.05) is 11.5 Å². The molecule has 4 nitrogen and oxygen atoms in total. The highest BCUT2D eigenvalue weighted by Crippen LogP contribution is 2.18. The molecule has 0 aliphatic carbocycles. The average molecular weight is 309 g/mol. The third-order valence-corrected chi connectivity index (χ3v) is 3.39. The van der Waals surface area contributed by atoms with E-state index in [4.69, 9.17) is 0 Å². The van der Waals surface area contributed by atoms with E-state index in [-0.39, 0.29) is 6.04 Å². The van der Waals surface area contributed by atoms with Crippen molar-refractivity contribution < 1.29 is 0 Å². The van der Waals surface area contributed by atoms with Crippen LogP contribution in [0.5, 0.6) is 0 Å². The molecule has 1 aromatic carbocycles. The molecule has 0 aliphatic heterocycles. The van der Waals surface area contributed by atoms with Crippen molar-refractivity contribution >= 4 is 15.9 Å². The van der Waals surface area contributed by atoms with Crippen LogP contribution in [0, 0.1) is 0 Å². The number of hydrogen-bond donors (Lipinski definition) is 1. The first-order valence-corrected chi connectivity index (χ1v) is 6.81. The quantitative estimate of drug-likeness (QED) is 0.922. The summed E-state index contributed by atoms with van der Waals surface area (Å²) in [5.74, 6) is 0.972. The molecule has 0 spiro atoms. The normalized spacial score (nSPS) is 12.6. The number of nitrogens with zero attached hydrogens (tertiary/aromatic N) is 3. The molecular formula is C13H17BrN4. The molecule has 5 heteroatoms. The van der Waals surface area contributed by atoms with Crippen LogP contribution in [0.3, 0.4) is 0 Å². The number of aromatic nitrogens is 3. The number of likely N-dealkylation sites (N-methyl/N-ethyl adjacent to an activating group) is 1. The van der Waals surface area contributed by atoms with Crippen LogP contribution in [0.1, 0.15) is 24.4 Å². The van der Waals surface area contributed by atoms with E-state index < -0.39 is 0 Å². The van der Waals surface area contributed by atoms with Crippen molar-refractivity contribution in [2.45, 2.75) is 19.4 Å². The van der Waals surface area contributed by atoms with Crippen LogP contribution < -0.4 is 5.32 Å². The number of benzene rings is 1. The number of rotatable bonds is 5. The monoisotopic (exact) mass is 308 g/mol. The van der Waals surface area contributed by atoms with Crippen LogP contribution in [0.25, 0.3) is 0 Å². The third-order valence-electron chi connectivity index (χ3n) is 2.86. The summed E-state index contributed by atoms with van der Waals surface area (Å²) in [6, 6.07) is 8.59. The Hall–Kier alpha value is -1.20. The maximum atomic E-state index is 4.33. The highest BCUT2D eigenvalue weighted by molar-refractivity contribution is 9.10. The Morgan fingerprint density at radius 3 is 2.61 bits per heavy atom. The number of aryl methyl sites for hydroxylation is 1. The predicted octanol–water partition coefficient (Wildman–Crippen LogP) is 2.47. The van der Waals surface area contributed by atoms with Gasteiger partial charge in [-0.25, -0.2) is 4.98 Å². The smallest absolute Gasteiger partial charge is 0.144 e. The molecule has 1 unspecified atom stereocenters. The summed E-state index contributed by atoms with van der Waals surface area (Å²) in [4.78, 5) is 4.33. The van der Waals surface area contributed by atoms with Gasteiger partial charge in [0.2, 0.25) is 0 Å². The van der Waals surface area contributed by atoms with Crippen molar-refractivity contribution in [1.29, 1.82) is 0 Å². The molecule has 0 amide bonds. The van der Waals surface area contributed by atoms with E-state index in [0.717, 1.165) is 23.3 Å². The van der Waals surface area contributed by atoms with E-state index >= 15 is 0 Å². The van der Waals surface area contributed by atoms with Crippen LogP contribution in [0.2, 0.25) is 0 Å². The number of halogens is 1. The lowest BCUT2D eigenvalue weighted by atomic mass is 10.1. The van der Waals surface area contributed by atoms with E-state index in [1.807, 2.05) is 11.7 Å². The summed E-state index contributed by atoms with van der Waals surface area (Å²) >= 11 is 3.45. The first kappa shape index (κ1) is 13.2. The van der Waals surface area contributed by atoms with Crippen LogP contribution in [0.4, 0.5) is 0 Å². The molecule has 96 valence electrons. The molecular weight excluding hydrogens is 292 g/mol. The van der Waals surface area contributed by atoms with E-state index in [0.29, 0.717) is 0 Å². The maximum absolute atomic E-state index is 4.33. The highest BCUT2D eigenvalue weighted by Gasteiger charge is 2.15. The third kappa shape index (κ3) is 3.17. The van der Waals surface area contributed by atoms with Crippen molar-refractivity contribution in [3.63, 3.8) is 0 Å². The highest BCUT2D eigenvalue weighted by atomic mass is 79.9. The van der Waals surface area contributed by atoms with Gasteiger partial charge in [0.05, 0.1) is 6.04 Å². The first-order chi connectivity index (χ1) is 8.70. The molecule has 2 aromatic rings. The Balaban J connectivity index is 2.16. The van der Waals surface area contributed by atoms with Crippen LogP contribution in [0.15, 0.2) is 35.1 Å². The first-order valence-electron chi connectivity index (χ1n) is 6.02. The molecule has 0 saturated heterocycles. The van der Waals surface area contributed by atoms with Gasteiger partial charge in [-0.2, -0.15) is 5.10 Å². The summed E-state index contributed by atoms with van der Waals surface area (Å²) in [5, 5.41) is 7.59. The molecule has 0 fully saturated rings. The zero-order chi connectivity index (χ0) is 13.0. The summed E-state index contributed by atoms with van der Waals surface area (Å²) in [7, 11) is 1.92. The van der Waals surface area contributed by atoms with E-state index in [2.05, 4.69) is 62.5 Å². The molecule has 0 radical (unpaired) electrons. The molecule has 18 heavy (non-hydrogen) atoms. The molecule has 1 N–H and O–H groups in total. The second-order valence-corrected chi connectivity index (χ2v) is 5.10. The van der Waals surface area contributed by atoms with Gasteiger partial charge in [0.1, 0.15) is 12.2 Å². The summed E-state index contributed by atoms with van der Waals surface area (Å²) in [5.41, 5.74) is 1.28. The standard InChI is InChI=1S/C13H17BrN4/c1-3-15-12(13-16-9-17-18(13)2)8-10-4-6-11(14)7-5-10/h4-7,9,12,15H,3,8H2,1-2H3. The SMILES string of the molecule is CCNC(Cc1ccc(Br)cc1)c1ncnn1C. The minimum atomic E-state index is 0.198. The van der Waals surface area contributed by atoms with Gasteiger partial charge >= 0.3 is 0 Å². The summed E-state index contributed by atoms with van der Waals surface area (Å²) in [6.07, 6.45) is 2.51. The van der Waals surface area contributed by atoms with Crippen LogP contribution in [-0.4, -0.2) is 21.3 Å². The van der Waals surface area contributed by atoms with Gasteiger partial charge in [0.25, 0.3) is 0 Å². The molecule has 0 saturated carbocycles. The Labute approximate surface area is 116 Å².